The van der Waals surface area contributed by atoms with Gasteiger partial charge in [0.25, 0.3) is 5.78 Å². The lowest BCUT2D eigenvalue weighted by Gasteiger charge is -2.22. The lowest BCUT2D eigenvalue weighted by molar-refractivity contribution is -0.132. The van der Waals surface area contributed by atoms with Gasteiger partial charge in [0.15, 0.2) is 0 Å². The van der Waals surface area contributed by atoms with Crippen molar-refractivity contribution < 1.29 is 23.8 Å². The SMILES string of the molecule is CCOc1ccc(/C(O)=C2\C(=O)C(=O)N(c3nnc(C)s3)C2c2ccccc2F)cc1. The minimum atomic E-state index is -1.18. The Hall–Kier alpha value is -3.59. The van der Waals surface area contributed by atoms with Crippen molar-refractivity contribution in [1.82, 2.24) is 10.2 Å². The van der Waals surface area contributed by atoms with Gasteiger partial charge in [0.2, 0.25) is 5.13 Å². The van der Waals surface area contributed by atoms with Crippen molar-refractivity contribution in [2.24, 2.45) is 0 Å². The van der Waals surface area contributed by atoms with Gasteiger partial charge >= 0.3 is 5.91 Å². The number of benzene rings is 2. The molecule has 1 aliphatic rings. The van der Waals surface area contributed by atoms with Crippen molar-refractivity contribution in [2.75, 3.05) is 11.5 Å². The normalized spacial score (nSPS) is 17.9. The first-order valence-corrected chi connectivity index (χ1v) is 10.3. The predicted octanol–water partition coefficient (Wildman–Crippen LogP) is 4.01. The summed E-state index contributed by atoms with van der Waals surface area (Å²) >= 11 is 1.10. The van der Waals surface area contributed by atoms with Gasteiger partial charge in [-0.1, -0.05) is 29.5 Å². The van der Waals surface area contributed by atoms with E-state index in [9.17, 15) is 19.1 Å². The molecule has 0 spiro atoms. The number of ether oxygens (including phenoxy) is 1. The minimum absolute atomic E-state index is 0.0713. The molecule has 2 aromatic carbocycles. The maximum absolute atomic E-state index is 14.8. The number of carbonyl (C=O) groups is 2. The number of Topliss-reactive ketones (excluding diaryl/α,β-unsaturated/α-hetero) is 1. The second-order valence-corrected chi connectivity index (χ2v) is 7.91. The van der Waals surface area contributed by atoms with E-state index in [0.29, 0.717) is 22.9 Å². The molecule has 9 heteroatoms. The monoisotopic (exact) mass is 439 g/mol. The van der Waals surface area contributed by atoms with Gasteiger partial charge in [0.1, 0.15) is 28.4 Å². The lowest BCUT2D eigenvalue weighted by atomic mass is 9.95. The molecule has 3 aromatic rings. The molecule has 4 rings (SSSR count). The molecule has 0 radical (unpaired) electrons. The lowest BCUT2D eigenvalue weighted by Crippen LogP contribution is -2.29. The van der Waals surface area contributed by atoms with E-state index in [-0.39, 0.29) is 16.3 Å². The molecule has 1 saturated heterocycles. The molecule has 0 saturated carbocycles. The van der Waals surface area contributed by atoms with Gasteiger partial charge in [-0.3, -0.25) is 14.5 Å². The highest BCUT2D eigenvalue weighted by atomic mass is 32.1. The molecule has 31 heavy (non-hydrogen) atoms. The quantitative estimate of drug-likeness (QED) is 0.367. The van der Waals surface area contributed by atoms with Gasteiger partial charge in [-0.05, 0) is 44.2 Å². The van der Waals surface area contributed by atoms with Gasteiger partial charge in [0, 0.05) is 11.1 Å². The highest BCUT2D eigenvalue weighted by Gasteiger charge is 2.49. The first kappa shape index (κ1) is 20.7. The molecule has 1 aromatic heterocycles. The number of hydrogen-bond donors (Lipinski definition) is 1. The summed E-state index contributed by atoms with van der Waals surface area (Å²) < 4.78 is 20.2. The van der Waals surface area contributed by atoms with E-state index in [2.05, 4.69) is 10.2 Å². The number of ketones is 1. The van der Waals surface area contributed by atoms with E-state index < -0.39 is 29.3 Å². The van der Waals surface area contributed by atoms with E-state index in [0.717, 1.165) is 16.2 Å². The molecule has 1 N–H and O–H groups in total. The summed E-state index contributed by atoms with van der Waals surface area (Å²) in [6.07, 6.45) is 0. The number of aliphatic hydroxyl groups excluding tert-OH is 1. The topological polar surface area (TPSA) is 92.6 Å². The molecule has 0 aliphatic carbocycles. The highest BCUT2D eigenvalue weighted by Crippen LogP contribution is 2.43. The van der Waals surface area contributed by atoms with Crippen molar-refractivity contribution in [3.8, 4) is 5.75 Å². The zero-order chi connectivity index (χ0) is 22.1. The fraction of sp³-hybridized carbons (Fsp3) is 0.182. The van der Waals surface area contributed by atoms with Gasteiger partial charge in [0.05, 0.1) is 12.2 Å². The summed E-state index contributed by atoms with van der Waals surface area (Å²) in [4.78, 5) is 27.0. The van der Waals surface area contributed by atoms with Gasteiger partial charge in [-0.15, -0.1) is 10.2 Å². The maximum atomic E-state index is 14.8. The summed E-state index contributed by atoms with van der Waals surface area (Å²) in [7, 11) is 0. The Morgan fingerprint density at radius 1 is 1.16 bits per heavy atom. The largest absolute Gasteiger partial charge is 0.507 e. The molecule has 1 amide bonds. The van der Waals surface area contributed by atoms with Crippen LogP contribution in [0.25, 0.3) is 5.76 Å². The van der Waals surface area contributed by atoms with E-state index in [4.69, 9.17) is 4.74 Å². The van der Waals surface area contributed by atoms with E-state index in [1.165, 1.54) is 18.2 Å². The van der Waals surface area contributed by atoms with Crippen molar-refractivity contribution in [3.63, 3.8) is 0 Å². The smallest absolute Gasteiger partial charge is 0.301 e. The van der Waals surface area contributed by atoms with Gasteiger partial charge in [-0.25, -0.2) is 4.39 Å². The third-order valence-corrected chi connectivity index (χ3v) is 5.64. The Bertz CT molecular complexity index is 1190. The van der Waals surface area contributed by atoms with Crippen molar-refractivity contribution in [3.05, 3.63) is 76.1 Å². The minimum Gasteiger partial charge on any atom is -0.507 e. The molecule has 1 atom stereocenters. The van der Waals surface area contributed by atoms with E-state index >= 15 is 0 Å². The summed E-state index contributed by atoms with van der Waals surface area (Å²) in [5.74, 6) is -2.25. The van der Waals surface area contributed by atoms with Crippen LogP contribution in [0, 0.1) is 12.7 Å². The first-order valence-electron chi connectivity index (χ1n) is 9.51. The number of nitrogens with zero attached hydrogens (tertiary/aromatic N) is 3. The molecule has 1 fully saturated rings. The average Bonchev–Trinajstić information content (AvgIpc) is 3.29. The number of carbonyl (C=O) groups excluding carboxylic acids is 2. The molecule has 0 bridgehead atoms. The Morgan fingerprint density at radius 3 is 2.48 bits per heavy atom. The second-order valence-electron chi connectivity index (χ2n) is 6.75. The van der Waals surface area contributed by atoms with Crippen molar-refractivity contribution >= 4 is 33.9 Å². The molecular formula is C22H18FN3O4S. The first-order chi connectivity index (χ1) is 14.9. The van der Waals surface area contributed by atoms with Crippen LogP contribution in [0.5, 0.6) is 5.75 Å². The Balaban J connectivity index is 1.90. The zero-order valence-electron chi connectivity index (χ0n) is 16.7. The Kier molecular flexibility index (Phi) is 5.51. The van der Waals surface area contributed by atoms with Crippen LogP contribution >= 0.6 is 11.3 Å². The zero-order valence-corrected chi connectivity index (χ0v) is 17.5. The third kappa shape index (κ3) is 3.68. The number of aliphatic hydroxyl groups is 1. The molecule has 1 unspecified atom stereocenters. The summed E-state index contributed by atoms with van der Waals surface area (Å²) in [5.41, 5.74) is 0.158. The molecule has 158 valence electrons. The van der Waals surface area contributed by atoms with E-state index in [1.54, 1.807) is 37.3 Å². The third-order valence-electron chi connectivity index (χ3n) is 4.80. The van der Waals surface area contributed by atoms with Gasteiger partial charge in [-0.2, -0.15) is 0 Å². The number of aromatic nitrogens is 2. The standard InChI is InChI=1S/C22H18FN3O4S/c1-3-30-14-10-8-13(9-11-14)19(27)17-18(15-6-4-5-7-16(15)23)26(21(29)20(17)28)22-25-24-12(2)31-22/h4-11,18,27H,3H2,1-2H3/b19-17+. The number of halogens is 1. The van der Waals surface area contributed by atoms with Crippen LogP contribution in [-0.2, 0) is 9.59 Å². The maximum Gasteiger partial charge on any atom is 0.301 e. The van der Waals surface area contributed by atoms with Crippen LogP contribution in [0.15, 0.2) is 54.1 Å². The molecular weight excluding hydrogens is 421 g/mol. The van der Waals surface area contributed by atoms with Crippen LogP contribution < -0.4 is 9.64 Å². The Labute approximate surface area is 181 Å². The predicted molar refractivity (Wildman–Crippen MR) is 113 cm³/mol. The second kappa shape index (κ2) is 8.27. The fourth-order valence-corrected chi connectivity index (χ4v) is 4.15. The van der Waals surface area contributed by atoms with Gasteiger partial charge < -0.3 is 9.84 Å². The van der Waals surface area contributed by atoms with E-state index in [1.807, 2.05) is 6.92 Å². The molecule has 1 aliphatic heterocycles. The van der Waals surface area contributed by atoms with Crippen molar-refractivity contribution in [1.29, 1.82) is 0 Å². The van der Waals surface area contributed by atoms with Crippen LogP contribution in [-0.4, -0.2) is 33.6 Å². The fourth-order valence-electron chi connectivity index (χ4n) is 3.44. The number of amides is 1. The van der Waals surface area contributed by atoms with Crippen LogP contribution in [0.4, 0.5) is 9.52 Å². The molecule has 7 nitrogen and oxygen atoms in total. The van der Waals surface area contributed by atoms with Crippen molar-refractivity contribution in [2.45, 2.75) is 19.9 Å². The number of rotatable bonds is 5. The average molecular weight is 439 g/mol. The molecule has 2 heterocycles. The summed E-state index contributed by atoms with van der Waals surface area (Å²) in [5, 5.41) is 19.6. The number of aryl methyl sites for hydroxylation is 1. The van der Waals surface area contributed by atoms with Crippen LogP contribution in [0.2, 0.25) is 0 Å². The number of anilines is 1. The Morgan fingerprint density at radius 2 is 1.87 bits per heavy atom. The van der Waals surface area contributed by atoms with Crippen LogP contribution in [0.1, 0.15) is 29.1 Å². The highest BCUT2D eigenvalue weighted by molar-refractivity contribution is 7.15. The van der Waals surface area contributed by atoms with Crippen LogP contribution in [0.3, 0.4) is 0 Å². The number of hydrogen-bond acceptors (Lipinski definition) is 7. The summed E-state index contributed by atoms with van der Waals surface area (Å²) in [6, 6.07) is 11.0. The summed E-state index contributed by atoms with van der Waals surface area (Å²) in [6.45, 7) is 4.03.